The Kier molecular flexibility index (Phi) is 6.99. The molecule has 1 aliphatic heterocycles. The zero-order valence-corrected chi connectivity index (χ0v) is 17.3. The Bertz CT molecular complexity index is 759. The molecule has 4 rings (SSSR count). The van der Waals surface area contributed by atoms with Crippen LogP contribution in [0.3, 0.4) is 0 Å². The van der Waals surface area contributed by atoms with Crippen molar-refractivity contribution >= 4 is 5.91 Å². The molecule has 2 heterocycles. The van der Waals surface area contributed by atoms with Gasteiger partial charge in [-0.3, -0.25) is 4.79 Å². The molecule has 0 radical (unpaired) electrons. The molecule has 1 aromatic carbocycles. The van der Waals surface area contributed by atoms with Crippen molar-refractivity contribution in [3.63, 3.8) is 0 Å². The van der Waals surface area contributed by atoms with Crippen LogP contribution >= 0.6 is 0 Å². The van der Waals surface area contributed by atoms with Gasteiger partial charge in [0.05, 0.1) is 6.20 Å². The van der Waals surface area contributed by atoms with Crippen LogP contribution in [0.5, 0.6) is 0 Å². The lowest BCUT2D eigenvalue weighted by Gasteiger charge is -2.33. The lowest BCUT2D eigenvalue weighted by Crippen LogP contribution is -2.45. The lowest BCUT2D eigenvalue weighted by atomic mass is 10.0. The quantitative estimate of drug-likeness (QED) is 0.718. The van der Waals surface area contributed by atoms with Crippen molar-refractivity contribution in [2.24, 2.45) is 5.92 Å². The van der Waals surface area contributed by atoms with E-state index in [0.717, 1.165) is 49.6 Å². The molecule has 2 aromatic rings. The standard InChI is InChI=1S/C24H33N3O2/c28-23(26-21-13-15-27(16-14-21)18-19-7-4-5-8-19)11-6-12-24-25-17-22(29-24)20-9-2-1-3-10-20/h1-3,9-10,17,19,21H,4-8,11-16,18H2,(H,26,28). The normalized spacial score (nSPS) is 18.9. The number of hydrogen-bond donors (Lipinski definition) is 1. The monoisotopic (exact) mass is 395 g/mol. The number of amides is 1. The second kappa shape index (κ2) is 10.1. The van der Waals surface area contributed by atoms with Crippen LogP contribution in [-0.4, -0.2) is 41.5 Å². The molecular formula is C24H33N3O2. The molecule has 5 nitrogen and oxygen atoms in total. The van der Waals surface area contributed by atoms with Crippen molar-refractivity contribution in [3.05, 3.63) is 42.4 Å². The van der Waals surface area contributed by atoms with Gasteiger partial charge >= 0.3 is 0 Å². The number of rotatable bonds is 8. The van der Waals surface area contributed by atoms with Gasteiger partial charge in [-0.1, -0.05) is 43.2 Å². The Morgan fingerprint density at radius 2 is 1.86 bits per heavy atom. The first-order chi connectivity index (χ1) is 14.3. The number of oxazole rings is 1. The summed E-state index contributed by atoms with van der Waals surface area (Å²) in [6.45, 7) is 3.52. The van der Waals surface area contributed by atoms with Gasteiger partial charge in [0, 0.05) is 44.1 Å². The average molecular weight is 396 g/mol. The highest BCUT2D eigenvalue weighted by molar-refractivity contribution is 5.76. The average Bonchev–Trinajstić information content (AvgIpc) is 3.42. The number of likely N-dealkylation sites (tertiary alicyclic amines) is 1. The number of aromatic nitrogens is 1. The van der Waals surface area contributed by atoms with Crippen LogP contribution in [-0.2, 0) is 11.2 Å². The van der Waals surface area contributed by atoms with Gasteiger partial charge in [-0.15, -0.1) is 0 Å². The maximum Gasteiger partial charge on any atom is 0.220 e. The maximum absolute atomic E-state index is 12.3. The highest BCUT2D eigenvalue weighted by Crippen LogP contribution is 2.26. The fraction of sp³-hybridized carbons (Fsp3) is 0.583. The minimum absolute atomic E-state index is 0.161. The number of carbonyl (C=O) groups excluding carboxylic acids is 1. The summed E-state index contributed by atoms with van der Waals surface area (Å²) >= 11 is 0. The third kappa shape index (κ3) is 5.92. The highest BCUT2D eigenvalue weighted by Gasteiger charge is 2.24. The smallest absolute Gasteiger partial charge is 0.220 e. The zero-order chi connectivity index (χ0) is 19.9. The summed E-state index contributed by atoms with van der Waals surface area (Å²) in [5.74, 6) is 2.57. The summed E-state index contributed by atoms with van der Waals surface area (Å²) in [6, 6.07) is 10.3. The van der Waals surface area contributed by atoms with Crippen molar-refractivity contribution in [2.75, 3.05) is 19.6 Å². The summed E-state index contributed by atoms with van der Waals surface area (Å²) in [5, 5.41) is 3.23. The minimum atomic E-state index is 0.161. The van der Waals surface area contributed by atoms with Gasteiger partial charge in [0.25, 0.3) is 0 Å². The minimum Gasteiger partial charge on any atom is -0.441 e. The number of nitrogens with one attached hydrogen (secondary N) is 1. The predicted octanol–water partition coefficient (Wildman–Crippen LogP) is 4.44. The number of benzene rings is 1. The van der Waals surface area contributed by atoms with E-state index in [1.807, 2.05) is 30.3 Å². The molecule has 0 bridgehead atoms. The number of nitrogens with zero attached hydrogens (tertiary/aromatic N) is 2. The first-order valence-corrected chi connectivity index (χ1v) is 11.3. The van der Waals surface area contributed by atoms with Gasteiger partial charge in [0.1, 0.15) is 0 Å². The van der Waals surface area contributed by atoms with Crippen LogP contribution in [0, 0.1) is 5.92 Å². The molecule has 2 fully saturated rings. The molecule has 1 saturated heterocycles. The third-order valence-corrected chi connectivity index (χ3v) is 6.35. The Balaban J connectivity index is 1.13. The number of piperidine rings is 1. The fourth-order valence-corrected chi connectivity index (χ4v) is 4.68. The van der Waals surface area contributed by atoms with Gasteiger partial charge in [-0.2, -0.15) is 0 Å². The molecule has 1 amide bonds. The highest BCUT2D eigenvalue weighted by atomic mass is 16.4. The van der Waals surface area contributed by atoms with E-state index in [1.54, 1.807) is 6.20 Å². The molecule has 0 spiro atoms. The Morgan fingerprint density at radius 3 is 2.62 bits per heavy atom. The molecule has 0 atom stereocenters. The summed E-state index contributed by atoms with van der Waals surface area (Å²) in [6.07, 6.45) is 11.6. The second-order valence-corrected chi connectivity index (χ2v) is 8.63. The van der Waals surface area contributed by atoms with E-state index in [0.29, 0.717) is 24.8 Å². The molecule has 2 aliphatic rings. The SMILES string of the molecule is O=C(CCCc1ncc(-c2ccccc2)o1)NC1CCN(CC2CCCC2)CC1. The van der Waals surface area contributed by atoms with Crippen LogP contribution in [0.25, 0.3) is 11.3 Å². The largest absolute Gasteiger partial charge is 0.441 e. The summed E-state index contributed by atoms with van der Waals surface area (Å²) in [5.41, 5.74) is 1.03. The van der Waals surface area contributed by atoms with Crippen molar-refractivity contribution in [3.8, 4) is 11.3 Å². The zero-order valence-electron chi connectivity index (χ0n) is 17.3. The van der Waals surface area contributed by atoms with Gasteiger partial charge in [0.15, 0.2) is 11.7 Å². The van der Waals surface area contributed by atoms with Crippen molar-refractivity contribution in [1.82, 2.24) is 15.2 Å². The lowest BCUT2D eigenvalue weighted by molar-refractivity contribution is -0.122. The van der Waals surface area contributed by atoms with Crippen molar-refractivity contribution < 1.29 is 9.21 Å². The molecule has 156 valence electrons. The van der Waals surface area contributed by atoms with E-state index in [4.69, 9.17) is 4.42 Å². The van der Waals surface area contributed by atoms with E-state index < -0.39 is 0 Å². The molecule has 29 heavy (non-hydrogen) atoms. The first kappa shape index (κ1) is 20.1. The Morgan fingerprint density at radius 1 is 1.10 bits per heavy atom. The second-order valence-electron chi connectivity index (χ2n) is 8.63. The van der Waals surface area contributed by atoms with E-state index in [1.165, 1.54) is 32.2 Å². The van der Waals surface area contributed by atoms with E-state index >= 15 is 0 Å². The molecule has 1 saturated carbocycles. The van der Waals surface area contributed by atoms with E-state index in [-0.39, 0.29) is 5.91 Å². The van der Waals surface area contributed by atoms with Crippen LogP contribution in [0.15, 0.2) is 40.9 Å². The van der Waals surface area contributed by atoms with Crippen molar-refractivity contribution in [2.45, 2.75) is 63.8 Å². The molecule has 1 aliphatic carbocycles. The van der Waals surface area contributed by atoms with Gasteiger partial charge in [0.2, 0.25) is 5.91 Å². The summed E-state index contributed by atoms with van der Waals surface area (Å²) in [7, 11) is 0. The van der Waals surface area contributed by atoms with Crippen LogP contribution in [0.1, 0.15) is 57.3 Å². The Hall–Kier alpha value is -2.14. The molecule has 5 heteroatoms. The predicted molar refractivity (Wildman–Crippen MR) is 114 cm³/mol. The number of aryl methyl sites for hydroxylation is 1. The van der Waals surface area contributed by atoms with Crippen LogP contribution < -0.4 is 5.32 Å². The Labute approximate surface area is 173 Å². The first-order valence-electron chi connectivity index (χ1n) is 11.3. The number of hydrogen-bond acceptors (Lipinski definition) is 4. The molecular weight excluding hydrogens is 362 g/mol. The third-order valence-electron chi connectivity index (χ3n) is 6.35. The fourth-order valence-electron chi connectivity index (χ4n) is 4.68. The van der Waals surface area contributed by atoms with Gasteiger partial charge in [-0.25, -0.2) is 4.98 Å². The van der Waals surface area contributed by atoms with Gasteiger partial charge in [-0.05, 0) is 38.0 Å². The number of carbonyl (C=O) groups is 1. The molecule has 1 N–H and O–H groups in total. The van der Waals surface area contributed by atoms with Crippen LogP contribution in [0.2, 0.25) is 0 Å². The maximum atomic E-state index is 12.3. The summed E-state index contributed by atoms with van der Waals surface area (Å²) in [4.78, 5) is 19.3. The molecule has 1 aromatic heterocycles. The van der Waals surface area contributed by atoms with Gasteiger partial charge < -0.3 is 14.6 Å². The summed E-state index contributed by atoms with van der Waals surface area (Å²) < 4.78 is 5.82. The van der Waals surface area contributed by atoms with E-state index in [2.05, 4.69) is 15.2 Å². The van der Waals surface area contributed by atoms with Crippen molar-refractivity contribution in [1.29, 1.82) is 0 Å². The van der Waals surface area contributed by atoms with E-state index in [9.17, 15) is 4.79 Å². The molecule has 0 unspecified atom stereocenters. The van der Waals surface area contributed by atoms with Crippen LogP contribution in [0.4, 0.5) is 0 Å². The topological polar surface area (TPSA) is 58.4 Å².